The van der Waals surface area contributed by atoms with Crippen molar-refractivity contribution in [2.45, 2.75) is 31.7 Å². The van der Waals surface area contributed by atoms with Crippen LogP contribution in [0.25, 0.3) is 0 Å². The Morgan fingerprint density at radius 1 is 1.67 bits per heavy atom. The Hall–Kier alpha value is -1.29. The maximum atomic E-state index is 11.7. The van der Waals surface area contributed by atoms with Crippen molar-refractivity contribution in [3.05, 3.63) is 23.7 Å². The summed E-state index contributed by atoms with van der Waals surface area (Å²) in [5.41, 5.74) is 0.134. The lowest BCUT2D eigenvalue weighted by atomic mass is 9.77. The molecule has 1 fully saturated rings. The lowest BCUT2D eigenvalue weighted by Crippen LogP contribution is -2.56. The van der Waals surface area contributed by atoms with Gasteiger partial charge in [-0.15, -0.1) is 0 Å². The highest BCUT2D eigenvalue weighted by molar-refractivity contribution is 5.94. The smallest absolute Gasteiger partial charge is 0.255 e. The number of hydrogen-bond donors (Lipinski definition) is 2. The van der Waals surface area contributed by atoms with E-state index in [0.29, 0.717) is 11.3 Å². The molecule has 4 nitrogen and oxygen atoms in total. The van der Waals surface area contributed by atoms with E-state index in [1.165, 1.54) is 6.26 Å². The van der Waals surface area contributed by atoms with Crippen LogP contribution in [-0.2, 0) is 0 Å². The van der Waals surface area contributed by atoms with Crippen molar-refractivity contribution >= 4 is 5.91 Å². The highest BCUT2D eigenvalue weighted by Crippen LogP contribution is 2.31. The van der Waals surface area contributed by atoms with Gasteiger partial charge in [-0.3, -0.25) is 4.79 Å². The molecule has 1 aliphatic carbocycles. The molecule has 0 saturated heterocycles. The third-order valence-electron chi connectivity index (χ3n) is 2.98. The molecule has 4 heteroatoms. The van der Waals surface area contributed by atoms with Gasteiger partial charge in [0.25, 0.3) is 5.91 Å². The summed E-state index contributed by atoms with van der Waals surface area (Å²) in [7, 11) is 0. The van der Waals surface area contributed by atoms with Crippen LogP contribution in [0.2, 0.25) is 0 Å². The van der Waals surface area contributed by atoms with Crippen molar-refractivity contribution in [3.63, 3.8) is 0 Å². The number of hydrogen-bond acceptors (Lipinski definition) is 3. The van der Waals surface area contributed by atoms with Crippen LogP contribution in [0.4, 0.5) is 0 Å². The molecule has 0 unspecified atom stereocenters. The maximum Gasteiger partial charge on any atom is 0.255 e. The second kappa shape index (κ2) is 3.70. The van der Waals surface area contributed by atoms with Crippen LogP contribution in [0.1, 0.15) is 35.4 Å². The third-order valence-corrected chi connectivity index (χ3v) is 2.98. The number of carbonyl (C=O) groups excluding carboxylic acids is 1. The first-order chi connectivity index (χ1) is 7.15. The second-order valence-electron chi connectivity index (χ2n) is 4.19. The van der Waals surface area contributed by atoms with Gasteiger partial charge in [-0.2, -0.15) is 0 Å². The molecule has 2 rings (SSSR count). The van der Waals surface area contributed by atoms with Crippen LogP contribution in [0.5, 0.6) is 0 Å². The van der Waals surface area contributed by atoms with Crippen LogP contribution in [-0.4, -0.2) is 23.2 Å². The molecule has 1 aliphatic rings. The summed E-state index contributed by atoms with van der Waals surface area (Å²) in [5, 5.41) is 12.1. The van der Waals surface area contributed by atoms with Crippen LogP contribution < -0.4 is 5.32 Å². The van der Waals surface area contributed by atoms with Crippen molar-refractivity contribution in [2.75, 3.05) is 6.61 Å². The lowest BCUT2D eigenvalue weighted by Gasteiger charge is -2.40. The van der Waals surface area contributed by atoms with E-state index in [4.69, 9.17) is 4.42 Å². The van der Waals surface area contributed by atoms with Gasteiger partial charge in [-0.05, 0) is 32.3 Å². The monoisotopic (exact) mass is 209 g/mol. The normalized spacial score (nSPS) is 18.3. The van der Waals surface area contributed by atoms with Gasteiger partial charge in [-0.25, -0.2) is 0 Å². The molecular formula is C11H15NO3. The first kappa shape index (κ1) is 10.2. The summed E-state index contributed by atoms with van der Waals surface area (Å²) in [6, 6.07) is 1.69. The van der Waals surface area contributed by atoms with Gasteiger partial charge < -0.3 is 14.8 Å². The SMILES string of the molecule is Cc1cc(C(=O)NC2(CO)CCC2)co1. The summed E-state index contributed by atoms with van der Waals surface area (Å²) in [6.45, 7) is 1.80. The van der Waals surface area contributed by atoms with Gasteiger partial charge >= 0.3 is 0 Å². The molecule has 0 bridgehead atoms. The number of furan rings is 1. The molecule has 1 heterocycles. The molecule has 1 aromatic rings. The second-order valence-corrected chi connectivity index (χ2v) is 4.19. The summed E-state index contributed by atoms with van der Waals surface area (Å²) in [6.07, 6.45) is 4.21. The molecule has 0 spiro atoms. The molecule has 1 amide bonds. The zero-order valence-corrected chi connectivity index (χ0v) is 8.75. The molecule has 1 aromatic heterocycles. The third kappa shape index (κ3) is 1.90. The lowest BCUT2D eigenvalue weighted by molar-refractivity contribution is 0.0641. The fourth-order valence-electron chi connectivity index (χ4n) is 1.80. The van der Waals surface area contributed by atoms with Gasteiger partial charge in [0.05, 0.1) is 17.7 Å². The predicted octanol–water partition coefficient (Wildman–Crippen LogP) is 1.23. The average molecular weight is 209 g/mol. The molecule has 15 heavy (non-hydrogen) atoms. The van der Waals surface area contributed by atoms with E-state index in [2.05, 4.69) is 5.32 Å². The Morgan fingerprint density at radius 3 is 2.80 bits per heavy atom. The Labute approximate surface area is 88.3 Å². The average Bonchev–Trinajstić information content (AvgIpc) is 2.58. The fourth-order valence-corrected chi connectivity index (χ4v) is 1.80. The van der Waals surface area contributed by atoms with Gasteiger partial charge in [0.2, 0.25) is 0 Å². The van der Waals surface area contributed by atoms with Crippen LogP contribution in [0, 0.1) is 6.92 Å². The largest absolute Gasteiger partial charge is 0.469 e. The quantitative estimate of drug-likeness (QED) is 0.787. The van der Waals surface area contributed by atoms with E-state index >= 15 is 0 Å². The van der Waals surface area contributed by atoms with E-state index in [0.717, 1.165) is 19.3 Å². The van der Waals surface area contributed by atoms with Crippen LogP contribution in [0.3, 0.4) is 0 Å². The molecule has 0 aromatic carbocycles. The minimum Gasteiger partial charge on any atom is -0.469 e. The molecule has 82 valence electrons. The summed E-state index contributed by atoms with van der Waals surface area (Å²) in [4.78, 5) is 11.7. The number of carbonyl (C=O) groups is 1. The number of nitrogens with one attached hydrogen (secondary N) is 1. The Bertz CT molecular complexity index is 360. The zero-order chi connectivity index (χ0) is 10.9. The summed E-state index contributed by atoms with van der Waals surface area (Å²) >= 11 is 0. The minimum absolute atomic E-state index is 0.00950. The molecular weight excluding hydrogens is 194 g/mol. The number of rotatable bonds is 3. The fraction of sp³-hybridized carbons (Fsp3) is 0.545. The highest BCUT2D eigenvalue weighted by atomic mass is 16.3. The van der Waals surface area contributed by atoms with Gasteiger partial charge in [0, 0.05) is 0 Å². The standard InChI is InChI=1S/C11H15NO3/c1-8-5-9(6-15-8)10(14)12-11(7-13)3-2-4-11/h5-6,13H,2-4,7H2,1H3,(H,12,14). The number of aliphatic hydroxyl groups excluding tert-OH is 1. The van der Waals surface area contributed by atoms with Crippen LogP contribution in [0.15, 0.2) is 16.7 Å². The van der Waals surface area contributed by atoms with E-state index in [1.54, 1.807) is 13.0 Å². The van der Waals surface area contributed by atoms with Crippen molar-refractivity contribution < 1.29 is 14.3 Å². The topological polar surface area (TPSA) is 62.5 Å². The van der Waals surface area contributed by atoms with Crippen LogP contribution >= 0.6 is 0 Å². The summed E-state index contributed by atoms with van der Waals surface area (Å²) in [5.74, 6) is 0.549. The molecule has 2 N–H and O–H groups in total. The van der Waals surface area contributed by atoms with E-state index < -0.39 is 0 Å². The summed E-state index contributed by atoms with van der Waals surface area (Å²) < 4.78 is 5.06. The van der Waals surface area contributed by atoms with Gasteiger partial charge in [-0.1, -0.05) is 0 Å². The zero-order valence-electron chi connectivity index (χ0n) is 8.75. The first-order valence-electron chi connectivity index (χ1n) is 5.14. The molecule has 0 radical (unpaired) electrons. The van der Waals surface area contributed by atoms with Gasteiger partial charge in [0.15, 0.2) is 0 Å². The molecule has 0 aliphatic heterocycles. The Morgan fingerprint density at radius 2 is 2.40 bits per heavy atom. The predicted molar refractivity (Wildman–Crippen MR) is 54.6 cm³/mol. The number of aliphatic hydroxyl groups is 1. The van der Waals surface area contributed by atoms with E-state index in [-0.39, 0.29) is 18.1 Å². The van der Waals surface area contributed by atoms with E-state index in [1.807, 2.05) is 0 Å². The van der Waals surface area contributed by atoms with Gasteiger partial charge in [0.1, 0.15) is 12.0 Å². The number of aryl methyl sites for hydroxylation is 1. The minimum atomic E-state index is -0.387. The van der Waals surface area contributed by atoms with E-state index in [9.17, 15) is 9.90 Å². The van der Waals surface area contributed by atoms with Crippen molar-refractivity contribution in [1.29, 1.82) is 0 Å². The number of amides is 1. The molecule has 0 atom stereocenters. The van der Waals surface area contributed by atoms with Crippen molar-refractivity contribution in [3.8, 4) is 0 Å². The molecule has 1 saturated carbocycles. The van der Waals surface area contributed by atoms with Crippen molar-refractivity contribution in [2.24, 2.45) is 0 Å². The van der Waals surface area contributed by atoms with Crippen molar-refractivity contribution in [1.82, 2.24) is 5.32 Å². The Balaban J connectivity index is 2.03. The first-order valence-corrected chi connectivity index (χ1v) is 5.14. The maximum absolute atomic E-state index is 11.7. The Kier molecular flexibility index (Phi) is 2.52. The highest BCUT2D eigenvalue weighted by Gasteiger charge is 2.37.